The molecule has 1 heterocycles. The summed E-state index contributed by atoms with van der Waals surface area (Å²) in [6, 6.07) is 5.61. The van der Waals surface area contributed by atoms with Crippen LogP contribution in [0.3, 0.4) is 0 Å². The summed E-state index contributed by atoms with van der Waals surface area (Å²) in [6.45, 7) is 1.71. The van der Waals surface area contributed by atoms with Gasteiger partial charge in [-0.3, -0.25) is 4.72 Å². The predicted molar refractivity (Wildman–Crippen MR) is 88.7 cm³/mol. The normalized spacial score (nSPS) is 11.4. The van der Waals surface area contributed by atoms with E-state index in [1.165, 1.54) is 35.6 Å². The van der Waals surface area contributed by atoms with E-state index in [9.17, 15) is 13.2 Å². The van der Waals surface area contributed by atoms with Gasteiger partial charge < -0.3 is 5.11 Å². The Bertz CT molecular complexity index is 815. The van der Waals surface area contributed by atoms with Crippen LogP contribution in [0.15, 0.2) is 37.4 Å². The number of carboxylic acids is 1. The number of halogens is 2. The third-order valence-electron chi connectivity index (χ3n) is 2.59. The molecule has 9 heteroatoms. The summed E-state index contributed by atoms with van der Waals surface area (Å²) in [4.78, 5) is 11.7. The van der Waals surface area contributed by atoms with E-state index < -0.39 is 16.0 Å². The van der Waals surface area contributed by atoms with Crippen molar-refractivity contribution in [2.45, 2.75) is 11.8 Å². The minimum Gasteiger partial charge on any atom is -0.478 e. The van der Waals surface area contributed by atoms with Crippen molar-refractivity contribution < 1.29 is 18.3 Å². The van der Waals surface area contributed by atoms with Crippen LogP contribution in [0, 0.1) is 6.92 Å². The highest BCUT2D eigenvalue weighted by atomic mass is 79.9. The maximum absolute atomic E-state index is 12.3. The molecule has 0 bridgehead atoms. The molecule has 2 aromatic rings. The quantitative estimate of drug-likeness (QED) is 0.728. The van der Waals surface area contributed by atoms with E-state index in [1.807, 2.05) is 0 Å². The predicted octanol–water partition coefficient (Wildman–Crippen LogP) is 4.08. The number of hydrogen-bond donors (Lipinski definition) is 2. The Morgan fingerprint density at radius 2 is 1.95 bits per heavy atom. The van der Waals surface area contributed by atoms with Crippen molar-refractivity contribution in [3.05, 3.63) is 43.0 Å². The lowest BCUT2D eigenvalue weighted by atomic mass is 10.2. The number of sulfonamides is 1. The van der Waals surface area contributed by atoms with Crippen molar-refractivity contribution in [1.82, 2.24) is 0 Å². The Kier molecular flexibility index (Phi) is 4.76. The molecule has 2 rings (SSSR count). The number of anilines is 1. The van der Waals surface area contributed by atoms with Gasteiger partial charge in [-0.05, 0) is 63.0 Å². The molecule has 0 saturated carbocycles. The van der Waals surface area contributed by atoms with Crippen LogP contribution in [0.25, 0.3) is 0 Å². The summed E-state index contributed by atoms with van der Waals surface area (Å²) in [6.07, 6.45) is 0. The zero-order chi connectivity index (χ0) is 15.8. The van der Waals surface area contributed by atoms with E-state index in [4.69, 9.17) is 5.11 Å². The Morgan fingerprint density at radius 3 is 2.43 bits per heavy atom. The van der Waals surface area contributed by atoms with E-state index >= 15 is 0 Å². The number of thiophene rings is 1. The first kappa shape index (κ1) is 16.5. The van der Waals surface area contributed by atoms with Gasteiger partial charge >= 0.3 is 5.97 Å². The fourth-order valence-corrected chi connectivity index (χ4v) is 5.73. The number of hydrogen-bond acceptors (Lipinski definition) is 4. The highest BCUT2D eigenvalue weighted by molar-refractivity contribution is 9.11. The third kappa shape index (κ3) is 3.65. The van der Waals surface area contributed by atoms with Crippen LogP contribution in [-0.2, 0) is 10.0 Å². The second kappa shape index (κ2) is 6.07. The Labute approximate surface area is 142 Å². The van der Waals surface area contributed by atoms with Gasteiger partial charge in [0.1, 0.15) is 4.90 Å². The Balaban J connectivity index is 2.37. The van der Waals surface area contributed by atoms with Crippen LogP contribution in [0.2, 0.25) is 0 Å². The molecule has 0 radical (unpaired) electrons. The van der Waals surface area contributed by atoms with Gasteiger partial charge in [-0.1, -0.05) is 0 Å². The van der Waals surface area contributed by atoms with Crippen LogP contribution in [-0.4, -0.2) is 19.5 Å². The summed E-state index contributed by atoms with van der Waals surface area (Å²) >= 11 is 7.75. The largest absolute Gasteiger partial charge is 0.478 e. The maximum Gasteiger partial charge on any atom is 0.335 e. The highest BCUT2D eigenvalue weighted by Crippen LogP contribution is 2.32. The number of nitrogens with one attached hydrogen (secondary N) is 1. The number of aromatic carboxylic acids is 1. The minimum absolute atomic E-state index is 0.0688. The number of rotatable bonds is 4. The van der Waals surface area contributed by atoms with E-state index in [2.05, 4.69) is 36.6 Å². The number of carboxylic acid groups (broad SMARTS) is 1. The Morgan fingerprint density at radius 1 is 1.29 bits per heavy atom. The van der Waals surface area contributed by atoms with Gasteiger partial charge in [-0.2, -0.15) is 0 Å². The third-order valence-corrected chi connectivity index (χ3v) is 6.42. The molecule has 0 amide bonds. The first-order valence-corrected chi connectivity index (χ1v) is 9.41. The van der Waals surface area contributed by atoms with Gasteiger partial charge in [0.05, 0.1) is 15.0 Å². The molecule has 1 aromatic carbocycles. The number of benzene rings is 1. The van der Waals surface area contributed by atoms with E-state index in [-0.39, 0.29) is 16.1 Å². The lowest BCUT2D eigenvalue weighted by Gasteiger charge is -2.10. The van der Waals surface area contributed by atoms with Crippen molar-refractivity contribution >= 4 is 64.9 Å². The summed E-state index contributed by atoms with van der Waals surface area (Å²) in [5, 5.41) is 8.89. The molecule has 2 N–H and O–H groups in total. The summed E-state index contributed by atoms with van der Waals surface area (Å²) in [7, 11) is -3.73. The molecule has 0 aliphatic rings. The monoisotopic (exact) mass is 453 g/mol. The van der Waals surface area contributed by atoms with Crippen LogP contribution in [0.4, 0.5) is 5.69 Å². The average molecular weight is 455 g/mol. The van der Waals surface area contributed by atoms with Gasteiger partial charge in [0.25, 0.3) is 10.0 Å². The molecule has 0 aliphatic heterocycles. The molecule has 0 spiro atoms. The fourth-order valence-electron chi connectivity index (χ4n) is 1.63. The van der Waals surface area contributed by atoms with Crippen molar-refractivity contribution in [3.63, 3.8) is 0 Å². The van der Waals surface area contributed by atoms with Crippen molar-refractivity contribution in [1.29, 1.82) is 0 Å². The van der Waals surface area contributed by atoms with Gasteiger partial charge in [-0.15, -0.1) is 11.3 Å². The molecule has 0 atom stereocenters. The van der Waals surface area contributed by atoms with Crippen molar-refractivity contribution in [2.24, 2.45) is 0 Å². The van der Waals surface area contributed by atoms with Crippen LogP contribution >= 0.6 is 43.2 Å². The molecular formula is C12H9Br2NO4S2. The van der Waals surface area contributed by atoms with Gasteiger partial charge in [-0.25, -0.2) is 13.2 Å². The van der Waals surface area contributed by atoms with E-state index in [1.54, 1.807) is 6.92 Å². The number of aryl methyl sites for hydroxylation is 1. The topological polar surface area (TPSA) is 83.5 Å². The maximum atomic E-state index is 12.3. The Hall–Kier alpha value is -0.900. The standard InChI is InChI=1S/C12H9Br2NO4S2/c1-6-10(5-11(14)20-6)21(18,19)15-9-3-2-7(12(16)17)4-8(9)13/h2-5,15H,1H3,(H,16,17). The molecule has 21 heavy (non-hydrogen) atoms. The lowest BCUT2D eigenvalue weighted by Crippen LogP contribution is -2.13. The molecule has 0 unspecified atom stereocenters. The van der Waals surface area contributed by atoms with Crippen LogP contribution in [0.1, 0.15) is 15.2 Å². The zero-order valence-corrected chi connectivity index (χ0v) is 15.4. The van der Waals surface area contributed by atoms with Gasteiger partial charge in [0.15, 0.2) is 0 Å². The second-order valence-corrected chi connectivity index (χ2v) is 9.22. The molecule has 5 nitrogen and oxygen atoms in total. The molecule has 0 fully saturated rings. The summed E-state index contributed by atoms with van der Waals surface area (Å²) in [5.41, 5.74) is 0.348. The van der Waals surface area contributed by atoms with Crippen LogP contribution in [0.5, 0.6) is 0 Å². The molecule has 1 aromatic heterocycles. The second-order valence-electron chi connectivity index (χ2n) is 4.08. The summed E-state index contributed by atoms with van der Waals surface area (Å²) < 4.78 is 28.2. The molecule has 0 saturated heterocycles. The minimum atomic E-state index is -3.73. The zero-order valence-electron chi connectivity index (χ0n) is 10.6. The number of carbonyl (C=O) groups is 1. The van der Waals surface area contributed by atoms with Crippen molar-refractivity contribution in [3.8, 4) is 0 Å². The van der Waals surface area contributed by atoms with Gasteiger partial charge in [0.2, 0.25) is 0 Å². The van der Waals surface area contributed by atoms with E-state index in [0.717, 1.165) is 3.79 Å². The van der Waals surface area contributed by atoms with E-state index in [0.29, 0.717) is 9.35 Å². The average Bonchev–Trinajstić information content (AvgIpc) is 2.71. The smallest absolute Gasteiger partial charge is 0.335 e. The first-order chi connectivity index (χ1) is 9.70. The molecular weight excluding hydrogens is 446 g/mol. The van der Waals surface area contributed by atoms with Gasteiger partial charge in [0, 0.05) is 9.35 Å². The highest BCUT2D eigenvalue weighted by Gasteiger charge is 2.21. The first-order valence-electron chi connectivity index (χ1n) is 5.52. The molecule has 112 valence electrons. The van der Waals surface area contributed by atoms with Crippen LogP contribution < -0.4 is 4.72 Å². The summed E-state index contributed by atoms with van der Waals surface area (Å²) in [5.74, 6) is -1.08. The SMILES string of the molecule is Cc1sc(Br)cc1S(=O)(=O)Nc1ccc(C(=O)O)cc1Br. The lowest BCUT2D eigenvalue weighted by molar-refractivity contribution is 0.0697. The van der Waals surface area contributed by atoms with Crippen molar-refractivity contribution in [2.75, 3.05) is 4.72 Å². The molecule has 0 aliphatic carbocycles. The fraction of sp³-hybridized carbons (Fsp3) is 0.0833.